The minimum Gasteiger partial charge on any atom is -0.390 e. The van der Waals surface area contributed by atoms with Gasteiger partial charge in [-0.25, -0.2) is 0 Å². The molecule has 1 unspecified atom stereocenters. The molecule has 5 rings (SSSR count). The lowest BCUT2D eigenvalue weighted by Crippen LogP contribution is -2.48. The molecule has 0 saturated carbocycles. The molecular weight excluding hydrogens is 430 g/mol. The Hall–Kier alpha value is -2.94. The quantitative estimate of drug-likeness (QED) is 0.507. The number of β-amino-alcohol motifs (C(OH)–C–C–N with tert-alkyl or cyclic N) is 1. The third-order valence-electron chi connectivity index (χ3n) is 7.21. The van der Waals surface area contributed by atoms with Crippen LogP contribution >= 0.6 is 0 Å². The highest BCUT2D eigenvalue weighted by Gasteiger charge is 2.33. The highest BCUT2D eigenvalue weighted by Crippen LogP contribution is 2.42. The number of aliphatic hydroxyl groups excluding tert-OH is 1. The standard InChI is InChI=1S/C26H33N5O3/c1-16-22(25(33)27-14-17(32)15-31-12-10-30(2)11-13-31)19-7-5-8-20(24(19)28-16)23-18-6-3-4-9-21(18)29-26(23)34/h3-4,6,9,17,28,32H,5,7-8,10-15H2,1-2H3,(H,27,33)(H,29,34). The third kappa shape index (κ3) is 4.29. The second-order valence-corrected chi connectivity index (χ2v) is 9.65. The summed E-state index contributed by atoms with van der Waals surface area (Å²) in [5.41, 5.74) is 6.73. The molecule has 2 aliphatic heterocycles. The Balaban J connectivity index is 1.34. The summed E-state index contributed by atoms with van der Waals surface area (Å²) in [4.78, 5) is 33.9. The molecule has 3 aliphatic rings. The van der Waals surface area contributed by atoms with Gasteiger partial charge in [0.1, 0.15) is 0 Å². The van der Waals surface area contributed by atoms with Crippen molar-refractivity contribution in [3.05, 3.63) is 52.3 Å². The number of para-hydroxylation sites is 1. The lowest BCUT2D eigenvalue weighted by molar-refractivity contribution is -0.110. The minimum absolute atomic E-state index is 0.0886. The molecule has 4 N–H and O–H groups in total. The van der Waals surface area contributed by atoms with Crippen molar-refractivity contribution >= 4 is 28.6 Å². The Kier molecular flexibility index (Phi) is 6.29. The number of nitrogens with one attached hydrogen (secondary N) is 3. The second kappa shape index (κ2) is 9.37. The zero-order valence-electron chi connectivity index (χ0n) is 19.9. The topological polar surface area (TPSA) is 101 Å². The first-order chi connectivity index (χ1) is 16.4. The molecule has 8 heteroatoms. The van der Waals surface area contributed by atoms with E-state index >= 15 is 0 Å². The van der Waals surface area contributed by atoms with E-state index in [0.29, 0.717) is 17.7 Å². The van der Waals surface area contributed by atoms with Crippen molar-refractivity contribution in [2.45, 2.75) is 32.3 Å². The highest BCUT2D eigenvalue weighted by atomic mass is 16.3. The van der Waals surface area contributed by atoms with Gasteiger partial charge in [-0.1, -0.05) is 18.2 Å². The molecule has 1 aromatic heterocycles. The number of aromatic nitrogens is 1. The van der Waals surface area contributed by atoms with E-state index in [0.717, 1.165) is 79.2 Å². The number of carbonyl (C=O) groups is 2. The zero-order chi connectivity index (χ0) is 23.8. The number of amides is 2. The molecule has 2 aromatic rings. The number of aryl methyl sites for hydroxylation is 1. The Morgan fingerprint density at radius 2 is 1.94 bits per heavy atom. The number of fused-ring (bicyclic) bond motifs is 2. The van der Waals surface area contributed by atoms with E-state index in [1.165, 1.54) is 0 Å². The summed E-state index contributed by atoms with van der Waals surface area (Å²) in [6.45, 7) is 6.53. The Labute approximate surface area is 200 Å². The fourth-order valence-electron chi connectivity index (χ4n) is 5.42. The molecule has 1 saturated heterocycles. The number of hydrogen-bond donors (Lipinski definition) is 4. The number of aliphatic hydroxyl groups is 1. The Morgan fingerprint density at radius 3 is 2.74 bits per heavy atom. The molecule has 0 spiro atoms. The first-order valence-electron chi connectivity index (χ1n) is 12.1. The van der Waals surface area contributed by atoms with E-state index in [2.05, 4.69) is 32.5 Å². The first kappa shape index (κ1) is 22.8. The number of H-pyrrole nitrogens is 1. The number of piperazine rings is 1. The number of rotatable bonds is 5. The molecule has 1 aromatic carbocycles. The van der Waals surface area contributed by atoms with Crippen molar-refractivity contribution in [3.63, 3.8) is 0 Å². The predicted molar refractivity (Wildman–Crippen MR) is 133 cm³/mol. The number of anilines is 1. The van der Waals surface area contributed by atoms with Crippen LogP contribution in [0.5, 0.6) is 0 Å². The molecule has 180 valence electrons. The number of nitrogens with zero attached hydrogens (tertiary/aromatic N) is 2. The molecule has 0 bridgehead atoms. The van der Waals surface area contributed by atoms with Crippen molar-refractivity contribution in [1.82, 2.24) is 20.1 Å². The maximum atomic E-state index is 13.2. The van der Waals surface area contributed by atoms with Gasteiger partial charge in [0.25, 0.3) is 11.8 Å². The Bertz CT molecular complexity index is 1140. The Morgan fingerprint density at radius 1 is 1.18 bits per heavy atom. The van der Waals surface area contributed by atoms with Crippen LogP contribution in [0.25, 0.3) is 11.1 Å². The van der Waals surface area contributed by atoms with Crippen molar-refractivity contribution < 1.29 is 14.7 Å². The predicted octanol–water partition coefficient (Wildman–Crippen LogP) is 1.86. The minimum atomic E-state index is -0.612. The van der Waals surface area contributed by atoms with Gasteiger partial charge in [0, 0.05) is 61.9 Å². The van der Waals surface area contributed by atoms with Gasteiger partial charge in [-0.3, -0.25) is 14.5 Å². The van der Waals surface area contributed by atoms with Crippen LogP contribution in [-0.2, 0) is 11.2 Å². The average Bonchev–Trinajstić information content (AvgIpc) is 3.34. The average molecular weight is 464 g/mol. The molecule has 8 nitrogen and oxygen atoms in total. The van der Waals surface area contributed by atoms with Crippen molar-refractivity contribution in [2.75, 3.05) is 51.6 Å². The number of benzene rings is 1. The number of allylic oxidation sites excluding steroid dienone is 1. The molecule has 3 heterocycles. The fraction of sp³-hybridized carbons (Fsp3) is 0.462. The van der Waals surface area contributed by atoms with Crippen LogP contribution in [0.15, 0.2) is 24.3 Å². The number of likely N-dealkylation sites (N-methyl/N-ethyl adjacent to an activating group) is 1. The summed E-state index contributed by atoms with van der Waals surface area (Å²) in [5, 5.41) is 16.4. The maximum Gasteiger partial charge on any atom is 0.256 e. The number of carbonyl (C=O) groups excluding carboxylic acids is 2. The van der Waals surface area contributed by atoms with Gasteiger partial charge in [0.15, 0.2) is 0 Å². The largest absolute Gasteiger partial charge is 0.390 e. The van der Waals surface area contributed by atoms with Crippen LogP contribution in [0.4, 0.5) is 5.69 Å². The van der Waals surface area contributed by atoms with Gasteiger partial charge in [0.2, 0.25) is 0 Å². The van der Waals surface area contributed by atoms with E-state index < -0.39 is 6.10 Å². The van der Waals surface area contributed by atoms with Crippen LogP contribution in [0.3, 0.4) is 0 Å². The van der Waals surface area contributed by atoms with Gasteiger partial charge in [-0.05, 0) is 50.4 Å². The van der Waals surface area contributed by atoms with E-state index in [9.17, 15) is 14.7 Å². The fourth-order valence-corrected chi connectivity index (χ4v) is 5.42. The van der Waals surface area contributed by atoms with Gasteiger partial charge in [-0.2, -0.15) is 0 Å². The number of aromatic amines is 1. The van der Waals surface area contributed by atoms with Crippen molar-refractivity contribution in [1.29, 1.82) is 0 Å². The third-order valence-corrected chi connectivity index (χ3v) is 7.21. The van der Waals surface area contributed by atoms with Crippen LogP contribution in [0.2, 0.25) is 0 Å². The van der Waals surface area contributed by atoms with E-state index in [1.807, 2.05) is 31.2 Å². The summed E-state index contributed by atoms with van der Waals surface area (Å²) < 4.78 is 0. The zero-order valence-corrected chi connectivity index (χ0v) is 19.9. The van der Waals surface area contributed by atoms with Crippen LogP contribution in [0, 0.1) is 6.92 Å². The normalized spacial score (nSPS) is 21.7. The molecule has 1 fully saturated rings. The smallest absolute Gasteiger partial charge is 0.256 e. The molecule has 2 amide bonds. The van der Waals surface area contributed by atoms with Gasteiger partial charge >= 0.3 is 0 Å². The summed E-state index contributed by atoms with van der Waals surface area (Å²) in [5.74, 6) is -0.260. The van der Waals surface area contributed by atoms with E-state index in [-0.39, 0.29) is 18.4 Å². The molecule has 1 aliphatic carbocycles. The summed E-state index contributed by atoms with van der Waals surface area (Å²) in [6.07, 6.45) is 1.84. The highest BCUT2D eigenvalue weighted by molar-refractivity contribution is 6.36. The van der Waals surface area contributed by atoms with Crippen molar-refractivity contribution in [3.8, 4) is 0 Å². The van der Waals surface area contributed by atoms with E-state index in [4.69, 9.17) is 0 Å². The van der Waals surface area contributed by atoms with E-state index in [1.54, 1.807) is 0 Å². The summed E-state index contributed by atoms with van der Waals surface area (Å²) in [7, 11) is 2.10. The molecule has 0 radical (unpaired) electrons. The second-order valence-electron chi connectivity index (χ2n) is 9.65. The summed E-state index contributed by atoms with van der Waals surface area (Å²) >= 11 is 0. The molecular formula is C26H33N5O3. The lowest BCUT2D eigenvalue weighted by Gasteiger charge is -2.33. The van der Waals surface area contributed by atoms with Gasteiger partial charge < -0.3 is 25.6 Å². The molecule has 34 heavy (non-hydrogen) atoms. The maximum absolute atomic E-state index is 13.2. The van der Waals surface area contributed by atoms with Crippen LogP contribution < -0.4 is 10.6 Å². The monoisotopic (exact) mass is 463 g/mol. The van der Waals surface area contributed by atoms with Gasteiger partial charge in [0.05, 0.1) is 17.2 Å². The summed E-state index contributed by atoms with van der Waals surface area (Å²) in [6, 6.07) is 7.74. The molecule has 1 atom stereocenters. The van der Waals surface area contributed by atoms with Gasteiger partial charge in [-0.15, -0.1) is 0 Å². The first-order valence-corrected chi connectivity index (χ1v) is 12.1. The number of hydrogen-bond acceptors (Lipinski definition) is 5. The van der Waals surface area contributed by atoms with Crippen molar-refractivity contribution in [2.24, 2.45) is 0 Å². The lowest BCUT2D eigenvalue weighted by atomic mass is 9.86. The SMILES string of the molecule is Cc1[nH]c2c(c1C(=O)NCC(O)CN1CCN(C)CC1)CCCC2=C1C(=O)Nc2ccccc21. The van der Waals surface area contributed by atoms with Crippen LogP contribution in [0.1, 0.15) is 45.7 Å². The van der Waals surface area contributed by atoms with Crippen LogP contribution in [-0.4, -0.2) is 84.1 Å².